The molecule has 2 atom stereocenters. The number of piperidine rings is 1. The number of carbonyl (C=O) groups is 1. The summed E-state index contributed by atoms with van der Waals surface area (Å²) in [7, 11) is 0. The predicted molar refractivity (Wildman–Crippen MR) is 97.7 cm³/mol. The molecule has 0 aromatic heterocycles. The number of hydrogen-bond donors (Lipinski definition) is 2. The summed E-state index contributed by atoms with van der Waals surface area (Å²) in [5, 5.41) is 3.41. The van der Waals surface area contributed by atoms with E-state index in [1.807, 2.05) is 36.1 Å². The van der Waals surface area contributed by atoms with Crippen molar-refractivity contribution in [2.24, 2.45) is 10.7 Å². The molecule has 0 bridgehead atoms. The molecule has 5 rings (SSSR count). The number of aryl methyl sites for hydroxylation is 1. The zero-order chi connectivity index (χ0) is 18.1. The van der Waals surface area contributed by atoms with Crippen LogP contribution in [0.4, 0.5) is 10.1 Å². The molecule has 0 saturated carbocycles. The average Bonchev–Trinajstić information content (AvgIpc) is 2.87. The minimum Gasteiger partial charge on any atom is -0.383 e. The molecule has 2 aromatic rings. The quantitative estimate of drug-likeness (QED) is 0.767. The Hall–Kier alpha value is -2.89. The molecule has 3 heterocycles. The second-order valence-corrected chi connectivity index (χ2v) is 7.32. The number of amidine groups is 1. The molecule has 3 aliphatic rings. The molecule has 0 radical (unpaired) electrons. The lowest BCUT2D eigenvalue weighted by molar-refractivity contribution is 0.0605. The lowest BCUT2D eigenvalue weighted by atomic mass is 9.86. The zero-order valence-electron chi connectivity index (χ0n) is 14.4. The van der Waals surface area contributed by atoms with Gasteiger partial charge in [-0.25, -0.2) is 9.38 Å². The fourth-order valence-electron chi connectivity index (χ4n) is 4.59. The van der Waals surface area contributed by atoms with E-state index in [1.165, 1.54) is 6.07 Å². The molecule has 3 N–H and O–H groups in total. The molecule has 26 heavy (non-hydrogen) atoms. The van der Waals surface area contributed by atoms with Crippen LogP contribution < -0.4 is 11.1 Å². The lowest BCUT2D eigenvalue weighted by Gasteiger charge is -2.44. The summed E-state index contributed by atoms with van der Waals surface area (Å²) in [5.41, 5.74) is 9.38. The van der Waals surface area contributed by atoms with E-state index in [2.05, 4.69) is 10.3 Å². The van der Waals surface area contributed by atoms with Crippen molar-refractivity contribution in [2.75, 3.05) is 11.9 Å². The maximum Gasteiger partial charge on any atom is 0.255 e. The predicted octanol–water partition coefficient (Wildman–Crippen LogP) is 2.95. The van der Waals surface area contributed by atoms with Crippen LogP contribution in [-0.4, -0.2) is 28.9 Å². The van der Waals surface area contributed by atoms with Crippen LogP contribution in [0, 0.1) is 12.7 Å². The van der Waals surface area contributed by atoms with E-state index in [4.69, 9.17) is 5.73 Å². The summed E-state index contributed by atoms with van der Waals surface area (Å²) in [6, 6.07) is 10.8. The first-order valence-corrected chi connectivity index (χ1v) is 8.82. The molecule has 0 aliphatic carbocycles. The molecular formula is C20H19FN4O. The first-order valence-electron chi connectivity index (χ1n) is 8.82. The highest BCUT2D eigenvalue weighted by Gasteiger charge is 2.48. The minimum atomic E-state index is -0.613. The number of nitrogens with one attached hydrogen (secondary N) is 1. The molecule has 1 fully saturated rings. The maximum absolute atomic E-state index is 14.1. The Bertz CT molecular complexity index is 986. The van der Waals surface area contributed by atoms with Crippen molar-refractivity contribution in [3.63, 3.8) is 0 Å². The van der Waals surface area contributed by atoms with Gasteiger partial charge in [-0.15, -0.1) is 0 Å². The van der Waals surface area contributed by atoms with Crippen LogP contribution in [0.3, 0.4) is 0 Å². The van der Waals surface area contributed by atoms with Gasteiger partial charge >= 0.3 is 0 Å². The number of benzene rings is 2. The Kier molecular flexibility index (Phi) is 2.99. The van der Waals surface area contributed by atoms with E-state index in [0.717, 1.165) is 16.7 Å². The number of nitrogens with zero attached hydrogens (tertiary/aromatic N) is 2. The number of halogens is 1. The minimum absolute atomic E-state index is 0.0368. The van der Waals surface area contributed by atoms with Crippen molar-refractivity contribution in [2.45, 2.75) is 31.5 Å². The number of aliphatic imine (C=N–C) groups is 1. The second kappa shape index (κ2) is 5.06. The molecule has 1 saturated heterocycles. The molecule has 2 unspecified atom stereocenters. The van der Waals surface area contributed by atoms with E-state index >= 15 is 0 Å². The monoisotopic (exact) mass is 350 g/mol. The van der Waals surface area contributed by atoms with E-state index in [9.17, 15) is 9.18 Å². The highest BCUT2D eigenvalue weighted by atomic mass is 19.1. The zero-order valence-corrected chi connectivity index (χ0v) is 14.4. The van der Waals surface area contributed by atoms with Crippen LogP contribution in [-0.2, 0) is 0 Å². The third-order valence-electron chi connectivity index (χ3n) is 5.78. The van der Waals surface area contributed by atoms with Gasteiger partial charge in [-0.05, 0) is 30.2 Å². The first kappa shape index (κ1) is 15.4. The number of amides is 1. The van der Waals surface area contributed by atoms with Gasteiger partial charge in [-0.1, -0.05) is 24.3 Å². The van der Waals surface area contributed by atoms with Gasteiger partial charge < -0.3 is 16.0 Å². The highest BCUT2D eigenvalue weighted by Crippen LogP contribution is 2.47. The third-order valence-corrected chi connectivity index (χ3v) is 5.78. The number of anilines is 1. The molecule has 6 heteroatoms. The van der Waals surface area contributed by atoms with Gasteiger partial charge in [0.1, 0.15) is 17.3 Å². The van der Waals surface area contributed by atoms with Gasteiger partial charge in [0.2, 0.25) is 0 Å². The van der Waals surface area contributed by atoms with Crippen molar-refractivity contribution < 1.29 is 9.18 Å². The summed E-state index contributed by atoms with van der Waals surface area (Å²) in [6.45, 7) is 2.56. The molecule has 1 spiro atoms. The lowest BCUT2D eigenvalue weighted by Crippen LogP contribution is -2.51. The van der Waals surface area contributed by atoms with E-state index in [1.54, 1.807) is 6.07 Å². The Morgan fingerprint density at radius 2 is 2.08 bits per heavy atom. The molecular weight excluding hydrogens is 331 g/mol. The molecule has 132 valence electrons. The van der Waals surface area contributed by atoms with Crippen LogP contribution >= 0.6 is 0 Å². The van der Waals surface area contributed by atoms with Crippen LogP contribution in [0.15, 0.2) is 41.4 Å². The Morgan fingerprint density at radius 1 is 1.27 bits per heavy atom. The Labute approximate surface area is 150 Å². The standard InChI is InChI=1S/C20H19FN4O/c1-11-4-2-5-12-15-10-20(8-9-25(15)19(26)16(11)12)23-14-7-3-6-13(21)17(14)18(22)24-20/h2-7,15,23H,8-10H2,1H3,(H2,22,24). The smallest absolute Gasteiger partial charge is 0.255 e. The Balaban J connectivity index is 1.57. The van der Waals surface area contributed by atoms with E-state index < -0.39 is 5.66 Å². The van der Waals surface area contributed by atoms with Gasteiger partial charge in [0.25, 0.3) is 5.91 Å². The molecule has 5 nitrogen and oxygen atoms in total. The van der Waals surface area contributed by atoms with Crippen molar-refractivity contribution in [3.05, 3.63) is 64.5 Å². The van der Waals surface area contributed by atoms with Gasteiger partial charge in [0.15, 0.2) is 0 Å². The number of fused-ring (bicyclic) bond motifs is 4. The number of hydrogen-bond acceptors (Lipinski definition) is 4. The summed E-state index contributed by atoms with van der Waals surface area (Å²) in [6.07, 6.45) is 1.25. The molecule has 2 aromatic carbocycles. The molecule has 1 amide bonds. The van der Waals surface area contributed by atoms with Crippen LogP contribution in [0.1, 0.15) is 45.9 Å². The maximum atomic E-state index is 14.1. The summed E-state index contributed by atoms with van der Waals surface area (Å²) >= 11 is 0. The van der Waals surface area contributed by atoms with Crippen molar-refractivity contribution >= 4 is 17.4 Å². The topological polar surface area (TPSA) is 70.7 Å². The average molecular weight is 350 g/mol. The van der Waals surface area contributed by atoms with Crippen molar-refractivity contribution in [3.8, 4) is 0 Å². The van der Waals surface area contributed by atoms with Gasteiger partial charge in [-0.3, -0.25) is 4.79 Å². The fraction of sp³-hybridized carbons (Fsp3) is 0.300. The summed E-state index contributed by atoms with van der Waals surface area (Å²) in [5.74, 6) is -0.0585. The second-order valence-electron chi connectivity index (χ2n) is 7.32. The number of carbonyl (C=O) groups excluding carboxylic acids is 1. The largest absolute Gasteiger partial charge is 0.383 e. The Morgan fingerprint density at radius 3 is 2.92 bits per heavy atom. The fourth-order valence-corrected chi connectivity index (χ4v) is 4.59. The summed E-state index contributed by atoms with van der Waals surface area (Å²) in [4.78, 5) is 19.4. The number of rotatable bonds is 0. The first-order chi connectivity index (χ1) is 12.5. The third kappa shape index (κ3) is 1.95. The van der Waals surface area contributed by atoms with Crippen LogP contribution in [0.5, 0.6) is 0 Å². The van der Waals surface area contributed by atoms with Crippen molar-refractivity contribution in [1.29, 1.82) is 0 Å². The van der Waals surface area contributed by atoms with E-state index in [0.29, 0.717) is 30.6 Å². The van der Waals surface area contributed by atoms with Crippen LogP contribution in [0.25, 0.3) is 0 Å². The highest BCUT2D eigenvalue weighted by molar-refractivity contribution is 6.04. The normalized spacial score (nSPS) is 26.1. The summed E-state index contributed by atoms with van der Waals surface area (Å²) < 4.78 is 14.1. The van der Waals surface area contributed by atoms with Gasteiger partial charge in [0.05, 0.1) is 11.6 Å². The number of nitrogens with two attached hydrogens (primary N) is 1. The van der Waals surface area contributed by atoms with Gasteiger partial charge in [0, 0.05) is 30.6 Å². The SMILES string of the molecule is Cc1cccc2c1C(=O)N1CCC3(CC21)N=C(N)c1c(F)cccc1N3. The van der Waals surface area contributed by atoms with Crippen molar-refractivity contribution in [1.82, 2.24) is 4.90 Å². The van der Waals surface area contributed by atoms with E-state index in [-0.39, 0.29) is 23.6 Å². The molecule has 3 aliphatic heterocycles. The van der Waals surface area contributed by atoms with Crippen LogP contribution in [0.2, 0.25) is 0 Å². The van der Waals surface area contributed by atoms with Gasteiger partial charge in [-0.2, -0.15) is 0 Å².